The minimum Gasteiger partial charge on any atom is -0.322 e. The van der Waals surface area contributed by atoms with Gasteiger partial charge in [-0.3, -0.25) is 4.79 Å². The van der Waals surface area contributed by atoms with Gasteiger partial charge in [0.25, 0.3) is 5.91 Å². The molecular formula is C20H15ClFNO3S. The maximum atomic E-state index is 13.4. The minimum atomic E-state index is -3.41. The number of benzene rings is 3. The molecule has 1 N–H and O–H groups in total. The number of carbonyl (C=O) groups is 1. The molecule has 0 aliphatic heterocycles. The molecule has 138 valence electrons. The van der Waals surface area contributed by atoms with Crippen molar-refractivity contribution in [1.29, 1.82) is 0 Å². The van der Waals surface area contributed by atoms with E-state index in [2.05, 4.69) is 5.32 Å². The monoisotopic (exact) mass is 403 g/mol. The molecule has 0 unspecified atom stereocenters. The van der Waals surface area contributed by atoms with Crippen LogP contribution >= 0.6 is 11.6 Å². The van der Waals surface area contributed by atoms with Crippen molar-refractivity contribution < 1.29 is 17.6 Å². The van der Waals surface area contributed by atoms with E-state index in [1.807, 2.05) is 0 Å². The van der Waals surface area contributed by atoms with Crippen LogP contribution in [0.5, 0.6) is 0 Å². The molecule has 0 aliphatic carbocycles. The van der Waals surface area contributed by atoms with Crippen molar-refractivity contribution in [1.82, 2.24) is 0 Å². The molecule has 0 atom stereocenters. The van der Waals surface area contributed by atoms with Crippen molar-refractivity contribution in [2.75, 3.05) is 11.6 Å². The van der Waals surface area contributed by atoms with E-state index >= 15 is 0 Å². The molecule has 3 rings (SSSR count). The highest BCUT2D eigenvalue weighted by Crippen LogP contribution is 2.25. The van der Waals surface area contributed by atoms with Crippen molar-refractivity contribution in [3.63, 3.8) is 0 Å². The van der Waals surface area contributed by atoms with Gasteiger partial charge in [0.05, 0.1) is 15.5 Å². The first-order valence-electron chi connectivity index (χ1n) is 7.91. The Balaban J connectivity index is 1.86. The van der Waals surface area contributed by atoms with Gasteiger partial charge < -0.3 is 5.32 Å². The normalized spacial score (nSPS) is 11.2. The highest BCUT2D eigenvalue weighted by atomic mass is 35.5. The molecule has 0 radical (unpaired) electrons. The lowest BCUT2D eigenvalue weighted by molar-refractivity contribution is 0.102. The molecule has 0 aromatic heterocycles. The molecule has 0 spiro atoms. The standard InChI is InChI=1S/C20H15ClFNO3S/c1-27(25,26)17-8-9-18(19(21)12-17)20(24)23-16-7-3-5-14(11-16)13-4-2-6-15(22)10-13/h2-12H,1H3,(H,23,24). The predicted molar refractivity (Wildman–Crippen MR) is 104 cm³/mol. The van der Waals surface area contributed by atoms with Crippen LogP contribution in [0.15, 0.2) is 71.6 Å². The summed E-state index contributed by atoms with van der Waals surface area (Å²) >= 11 is 6.07. The molecule has 1 amide bonds. The number of hydrogen-bond acceptors (Lipinski definition) is 3. The van der Waals surface area contributed by atoms with E-state index in [9.17, 15) is 17.6 Å². The fourth-order valence-corrected chi connectivity index (χ4v) is 3.53. The second-order valence-electron chi connectivity index (χ2n) is 5.96. The first-order chi connectivity index (χ1) is 12.7. The van der Waals surface area contributed by atoms with E-state index in [4.69, 9.17) is 11.6 Å². The summed E-state index contributed by atoms with van der Waals surface area (Å²) in [4.78, 5) is 12.5. The molecular weight excluding hydrogens is 389 g/mol. The van der Waals surface area contributed by atoms with Gasteiger partial charge in [0, 0.05) is 11.9 Å². The van der Waals surface area contributed by atoms with Crippen LogP contribution in [0.3, 0.4) is 0 Å². The Labute approximate surface area is 161 Å². The molecule has 0 saturated carbocycles. The number of halogens is 2. The van der Waals surface area contributed by atoms with Crippen molar-refractivity contribution in [2.45, 2.75) is 4.90 Å². The van der Waals surface area contributed by atoms with Crippen LogP contribution in [-0.4, -0.2) is 20.6 Å². The van der Waals surface area contributed by atoms with Crippen molar-refractivity contribution in [3.05, 3.63) is 83.1 Å². The molecule has 4 nitrogen and oxygen atoms in total. The summed E-state index contributed by atoms with van der Waals surface area (Å²) in [6.07, 6.45) is 1.07. The fourth-order valence-electron chi connectivity index (χ4n) is 2.55. The average Bonchev–Trinajstić information content (AvgIpc) is 2.61. The topological polar surface area (TPSA) is 63.2 Å². The average molecular weight is 404 g/mol. The van der Waals surface area contributed by atoms with Crippen LogP contribution in [0.4, 0.5) is 10.1 Å². The molecule has 3 aromatic carbocycles. The van der Waals surface area contributed by atoms with Crippen molar-refractivity contribution in [2.24, 2.45) is 0 Å². The maximum absolute atomic E-state index is 13.4. The SMILES string of the molecule is CS(=O)(=O)c1ccc(C(=O)Nc2cccc(-c3cccc(F)c3)c2)c(Cl)c1. The summed E-state index contributed by atoms with van der Waals surface area (Å²) in [6, 6.07) is 17.0. The molecule has 0 saturated heterocycles. The van der Waals surface area contributed by atoms with Crippen LogP contribution in [0.2, 0.25) is 5.02 Å². The van der Waals surface area contributed by atoms with E-state index in [1.54, 1.807) is 36.4 Å². The van der Waals surface area contributed by atoms with Crippen LogP contribution < -0.4 is 5.32 Å². The van der Waals surface area contributed by atoms with E-state index in [-0.39, 0.29) is 21.3 Å². The van der Waals surface area contributed by atoms with Crippen LogP contribution in [-0.2, 0) is 9.84 Å². The van der Waals surface area contributed by atoms with Gasteiger partial charge in [0.1, 0.15) is 5.82 Å². The fraction of sp³-hybridized carbons (Fsp3) is 0.0500. The number of hydrogen-bond donors (Lipinski definition) is 1. The van der Waals surface area contributed by atoms with Crippen LogP contribution in [0.1, 0.15) is 10.4 Å². The Hall–Kier alpha value is -2.70. The number of carbonyl (C=O) groups excluding carboxylic acids is 1. The smallest absolute Gasteiger partial charge is 0.257 e. The summed E-state index contributed by atoms with van der Waals surface area (Å²) in [7, 11) is -3.41. The zero-order valence-electron chi connectivity index (χ0n) is 14.2. The Kier molecular flexibility index (Phi) is 5.30. The molecule has 0 fully saturated rings. The zero-order chi connectivity index (χ0) is 19.6. The molecule has 0 aliphatic rings. The zero-order valence-corrected chi connectivity index (χ0v) is 15.8. The molecule has 7 heteroatoms. The van der Waals surface area contributed by atoms with Crippen LogP contribution in [0, 0.1) is 5.82 Å². The minimum absolute atomic E-state index is 0.0386. The van der Waals surface area contributed by atoms with Crippen molar-refractivity contribution >= 4 is 33.0 Å². The summed E-state index contributed by atoms with van der Waals surface area (Å²) in [6.45, 7) is 0. The van der Waals surface area contributed by atoms with Gasteiger partial charge in [0.15, 0.2) is 9.84 Å². The summed E-state index contributed by atoms with van der Waals surface area (Å²) in [5.41, 5.74) is 2.08. The molecule has 0 bridgehead atoms. The first-order valence-corrected chi connectivity index (χ1v) is 10.2. The lowest BCUT2D eigenvalue weighted by Gasteiger charge is -2.10. The van der Waals surface area contributed by atoms with Crippen LogP contribution in [0.25, 0.3) is 11.1 Å². The molecule has 3 aromatic rings. The van der Waals surface area contributed by atoms with Gasteiger partial charge >= 0.3 is 0 Å². The Morgan fingerprint density at radius 3 is 2.26 bits per heavy atom. The highest BCUT2D eigenvalue weighted by Gasteiger charge is 2.15. The van der Waals surface area contributed by atoms with E-state index in [0.717, 1.165) is 11.8 Å². The molecule has 27 heavy (non-hydrogen) atoms. The van der Waals surface area contributed by atoms with E-state index in [1.165, 1.54) is 30.3 Å². The lowest BCUT2D eigenvalue weighted by atomic mass is 10.0. The summed E-state index contributed by atoms with van der Waals surface area (Å²) < 4.78 is 36.6. The predicted octanol–water partition coefficient (Wildman–Crippen LogP) is 4.80. The van der Waals surface area contributed by atoms with Gasteiger partial charge in [-0.25, -0.2) is 12.8 Å². The first kappa shape index (κ1) is 19.1. The van der Waals surface area contributed by atoms with Gasteiger partial charge in [0.2, 0.25) is 0 Å². The highest BCUT2D eigenvalue weighted by molar-refractivity contribution is 7.90. The largest absolute Gasteiger partial charge is 0.322 e. The number of nitrogens with one attached hydrogen (secondary N) is 1. The quantitative estimate of drug-likeness (QED) is 0.680. The lowest BCUT2D eigenvalue weighted by Crippen LogP contribution is -2.13. The number of amides is 1. The van der Waals surface area contributed by atoms with E-state index in [0.29, 0.717) is 11.3 Å². The van der Waals surface area contributed by atoms with E-state index < -0.39 is 15.7 Å². The van der Waals surface area contributed by atoms with Gasteiger partial charge in [-0.2, -0.15) is 0 Å². The van der Waals surface area contributed by atoms with Gasteiger partial charge in [-0.1, -0.05) is 35.9 Å². The number of anilines is 1. The Morgan fingerprint density at radius 2 is 1.63 bits per heavy atom. The summed E-state index contributed by atoms with van der Waals surface area (Å²) in [5, 5.41) is 2.75. The second kappa shape index (κ2) is 7.50. The summed E-state index contributed by atoms with van der Waals surface area (Å²) in [5.74, 6) is -0.823. The molecule has 0 heterocycles. The third-order valence-corrected chi connectivity index (χ3v) is 5.31. The Morgan fingerprint density at radius 1 is 0.963 bits per heavy atom. The maximum Gasteiger partial charge on any atom is 0.257 e. The number of sulfone groups is 1. The third kappa shape index (κ3) is 4.53. The Bertz CT molecular complexity index is 1130. The van der Waals surface area contributed by atoms with Crippen molar-refractivity contribution in [3.8, 4) is 11.1 Å². The van der Waals surface area contributed by atoms with Gasteiger partial charge in [-0.15, -0.1) is 0 Å². The third-order valence-electron chi connectivity index (χ3n) is 3.89. The van der Waals surface area contributed by atoms with Gasteiger partial charge in [-0.05, 0) is 53.6 Å². The second-order valence-corrected chi connectivity index (χ2v) is 8.38. The number of rotatable bonds is 4.